The molecule has 7 aliphatic rings. The van der Waals surface area contributed by atoms with E-state index in [9.17, 15) is 85.7 Å². The van der Waals surface area contributed by atoms with Crippen molar-refractivity contribution in [3.8, 4) is 0 Å². The molecule has 70 nitrogen and oxygen atoms in total. The van der Waals surface area contributed by atoms with Crippen LogP contribution in [0.5, 0.6) is 0 Å². The summed E-state index contributed by atoms with van der Waals surface area (Å²) in [6.07, 6.45) is -38.6. The maximum Gasteiger partial charge on any atom is 0.330 e. The number of fused-ring (bicyclic) bond motifs is 4. The summed E-state index contributed by atoms with van der Waals surface area (Å²) in [6.45, 7) is -18.0. The van der Waals surface area contributed by atoms with Crippen LogP contribution in [0.25, 0.3) is 44.7 Å². The molecule has 0 aromatic carbocycles. The number of hydrogen-bond acceptors (Lipinski definition) is 62. The van der Waals surface area contributed by atoms with Crippen molar-refractivity contribution in [3.05, 3.63) is 125 Å². The van der Waals surface area contributed by atoms with Gasteiger partial charge in [0.05, 0.1) is 77.7 Å². The third-order valence-electron chi connectivity index (χ3n) is 24.1. The maximum absolute atomic E-state index is 15.1. The SMILES string of the molecule is CO[C@H]1C(OP(=O)([O-])OC[C@H]2O[C@@H](n3cnc4c(=O)[nH]c(N)nc43)[C@@H](OC)C2OP([O-])(=S)OC[C@H]2O[C@@H](n3cnc4c(N)ncnc43)[C@@H](OC)C2OP(=O)([S-])O[C@H]2CCO[C@H]2CO)[C@@H](COP(=O)([O-])OC2[C@@H](COP(=O)([O-])OC3[C@@H](COP(=O)([O-])OC4[C@@H](COP(=O)([O-])OC)O[C@@H](n5cnc6c(N)ncnc65)[C@H]4OC)O[C@@H](n4cnc5c(=O)[nH]c(N)nc54)[C@H]3OC)O[C@@H](n3ccc(=O)[nH]c3=O)[C@H]2OC)O[C@H]1n1ccc(=O)[nH]c1=O. The molecule has 7 saturated heterocycles. The van der Waals surface area contributed by atoms with Crippen molar-refractivity contribution in [2.24, 2.45) is 0 Å². The summed E-state index contributed by atoms with van der Waals surface area (Å²) in [5, 5.41) is 10.00. The number of rotatable bonds is 46. The van der Waals surface area contributed by atoms with Crippen molar-refractivity contribution < 1.29 is 187 Å². The summed E-state index contributed by atoms with van der Waals surface area (Å²) in [5.74, 6) is -1.11. The zero-order valence-corrected chi connectivity index (χ0v) is 85.3. The zero-order chi connectivity index (χ0) is 107. The Kier molecular flexibility index (Phi) is 33.7. The quantitative estimate of drug-likeness (QED) is 0.0126. The topological polar surface area (TPSA) is 938 Å². The first-order valence-electron chi connectivity index (χ1n) is 43.3. The molecule has 13 N–H and O–H groups in total. The van der Waals surface area contributed by atoms with Gasteiger partial charge in [0, 0.05) is 87.3 Å². The number of aliphatic hydroxyl groups is 1. The molecule has 79 heteroatoms. The molecule has 7 fully saturated rings. The van der Waals surface area contributed by atoms with Crippen molar-refractivity contribution in [1.82, 2.24) is 97.2 Å². The second-order valence-corrected chi connectivity index (χ2v) is 45.2. The van der Waals surface area contributed by atoms with Crippen LogP contribution in [-0.2, 0) is 176 Å². The zero-order valence-electron chi connectivity index (χ0n) is 77.4. The number of methoxy groups -OCH3 is 6. The van der Waals surface area contributed by atoms with Gasteiger partial charge in [0.15, 0.2) is 82.6 Å². The van der Waals surface area contributed by atoms with Crippen LogP contribution in [0.3, 0.4) is 0 Å². The molecule has 149 heavy (non-hydrogen) atoms. The number of imidazole rings is 4. The van der Waals surface area contributed by atoms with E-state index in [4.69, 9.17) is 167 Å². The van der Waals surface area contributed by atoms with Gasteiger partial charge in [-0.25, -0.2) is 49.5 Å². The monoisotopic (exact) mass is 2280 g/mol. The van der Waals surface area contributed by atoms with Crippen LogP contribution >= 0.6 is 52.6 Å². The predicted molar refractivity (Wildman–Crippen MR) is 481 cm³/mol. The van der Waals surface area contributed by atoms with Crippen molar-refractivity contribution in [1.29, 1.82) is 0 Å². The van der Waals surface area contributed by atoms with Crippen LogP contribution in [0.1, 0.15) is 43.8 Å². The Hall–Kier alpha value is -8.62. The van der Waals surface area contributed by atoms with Crippen molar-refractivity contribution >= 4 is 145 Å². The summed E-state index contributed by atoms with van der Waals surface area (Å²) in [6, 6.07) is 1.60. The van der Waals surface area contributed by atoms with Gasteiger partial charge < -0.3 is 195 Å². The van der Waals surface area contributed by atoms with Crippen molar-refractivity contribution in [2.45, 2.75) is 166 Å². The van der Waals surface area contributed by atoms with E-state index in [0.717, 1.165) is 108 Å². The molecule has 0 radical (unpaired) electrons. The Balaban J connectivity index is 0.624. The molecule has 10 aromatic heterocycles. The Bertz CT molecular complexity index is 7250. The number of aliphatic hydroxyl groups excluding tert-OH is 1. The van der Waals surface area contributed by atoms with Gasteiger partial charge >= 0.3 is 11.4 Å². The number of nitrogens with two attached hydrogens (primary N) is 4. The van der Waals surface area contributed by atoms with E-state index >= 15 is 4.89 Å². The minimum Gasteiger partial charge on any atom is -0.780 e. The third-order valence-corrected chi connectivity index (χ3v) is 31.9. The summed E-state index contributed by atoms with van der Waals surface area (Å²) < 4.78 is 246. The Morgan fingerprint density at radius 1 is 0.389 bits per heavy atom. The van der Waals surface area contributed by atoms with Gasteiger partial charge in [0.1, 0.15) is 146 Å². The highest BCUT2D eigenvalue weighted by Crippen LogP contribution is 2.58. The smallest absolute Gasteiger partial charge is 0.330 e. The Morgan fingerprint density at radius 3 is 1.01 bits per heavy atom. The number of phosphoric ester groups is 5. The van der Waals surface area contributed by atoms with Crippen LogP contribution in [0.2, 0.25) is 0 Å². The van der Waals surface area contributed by atoms with Crippen molar-refractivity contribution in [2.75, 3.05) is 126 Å². The average Bonchev–Trinajstić information content (AvgIpc) is 1.64. The molecule has 0 saturated carbocycles. The van der Waals surface area contributed by atoms with E-state index in [1.54, 1.807) is 0 Å². The summed E-state index contributed by atoms with van der Waals surface area (Å²) >= 11 is 10.9. The standard InChI is InChI=1S/C70H95N24O46P7S2/c1-114-47-41(31(129-61(47)89-11-8-35(96)83-69(89)100)17-124-143(106,107)138-44-32(131-65(50(44)117-4)93-25-81-39-57(93)85-67(73)87-59(39)98)18-125-144(108,109)137-43-29(15-122-141(102,103)120-7)130-63(49(43)116-3)91-23-79-37-53(71)75-21-77-55(37)91)135-142(104,105)123-16-30-42(48(115-2)62(128-30)90-12-9-36(97)84-70(90)101)136-145(110,111)126-19-33-45(51(118-5)66(132-33)94-26-82-40-58(94)86-68(74)88-60(40)99)139-146(112,148)127-20-34-46(140-147(113,149)134-27-10-13-121-28(27)14-95)52(119-6)64(133-34)92-24-80-38-54(72)76-22-78-56(38)92/h8-9,11-12,21-34,41-52,61-66,95H,10,13-20H2,1-7H3,(H,102,103)(H,104,105)(H,106,107)(H,108,109)(H,110,111)(H,112,148)(H,113,149)(H2,71,75,77)(H2,72,76,78)(H,83,96,100)(H,84,97,101)(H3,73,85,87,98)(H3,74,86,88,99)/p-7/t27-,28-,29+,30+,31+,32+,33+,34+,41?,42?,43?,44?,45?,46?,47-,48-,49-,50-,51-,52-,61+,62+,63+,64+,65+,66+,146?,147?/m0/s1. The van der Waals surface area contributed by atoms with Crippen LogP contribution in [0.15, 0.2) is 91.3 Å². The van der Waals surface area contributed by atoms with E-state index in [1.165, 1.54) is 22.6 Å². The highest BCUT2D eigenvalue weighted by molar-refractivity contribution is 8.32. The van der Waals surface area contributed by atoms with Crippen LogP contribution in [0, 0.1) is 0 Å². The Labute approximate surface area is 841 Å². The van der Waals surface area contributed by atoms with E-state index in [1.807, 2.05) is 9.97 Å². The molecule has 0 bridgehead atoms. The molecule has 13 unspecified atom stereocenters. The summed E-state index contributed by atoms with van der Waals surface area (Å²) in [5.41, 5.74) is 16.6. The number of hydrogen-bond donors (Lipinski definition) is 9. The number of H-pyrrole nitrogens is 4. The van der Waals surface area contributed by atoms with Gasteiger partial charge in [-0.2, -0.15) is 9.97 Å². The van der Waals surface area contributed by atoms with Gasteiger partial charge in [0.2, 0.25) is 18.7 Å². The lowest BCUT2D eigenvalue weighted by atomic mass is 10.1. The van der Waals surface area contributed by atoms with E-state index in [0.29, 0.717) is 9.13 Å². The second-order valence-electron chi connectivity index (χ2n) is 32.9. The molecule has 0 aliphatic carbocycles. The van der Waals surface area contributed by atoms with Gasteiger partial charge in [-0.15, -0.1) is 0 Å². The highest BCUT2D eigenvalue weighted by Gasteiger charge is 2.58. The minimum absolute atomic E-state index is 0.00115. The van der Waals surface area contributed by atoms with Crippen molar-refractivity contribution in [3.63, 3.8) is 0 Å². The van der Waals surface area contributed by atoms with Gasteiger partial charge in [0.25, 0.3) is 61.4 Å². The van der Waals surface area contributed by atoms with Gasteiger partial charge in [-0.1, -0.05) is 11.8 Å². The number of nitrogens with one attached hydrogen (secondary N) is 4. The van der Waals surface area contributed by atoms with E-state index in [2.05, 4.69) is 64.3 Å². The lowest BCUT2D eigenvalue weighted by Crippen LogP contribution is -2.42. The molecule has 0 amide bonds. The van der Waals surface area contributed by atoms with Crippen LogP contribution in [0.4, 0.5) is 23.5 Å². The fourth-order valence-corrected chi connectivity index (χ4v) is 24.9. The van der Waals surface area contributed by atoms with E-state index < -0.39 is 309 Å². The molecule has 33 atom stereocenters. The number of ether oxygens (including phenoxy) is 13. The lowest BCUT2D eigenvalue weighted by molar-refractivity contribution is -0.241. The molecule has 17 heterocycles. The first kappa shape index (κ1) is 112. The average molecular weight is 2280 g/mol. The third kappa shape index (κ3) is 24.0. The molecular weight excluding hydrogens is 2190 g/mol. The van der Waals surface area contributed by atoms with Crippen LogP contribution in [-0.4, -0.2) is 327 Å². The fraction of sp³-hybridized carbons (Fsp3) is 0.600. The maximum atomic E-state index is 15.1. The predicted octanol–water partition coefficient (Wildman–Crippen LogP) is -7.36. The molecule has 10 aromatic rings. The first-order chi connectivity index (χ1) is 70.7. The van der Waals surface area contributed by atoms with Gasteiger partial charge in [-0.3, -0.25) is 93.9 Å². The van der Waals surface area contributed by atoms with Gasteiger partial charge in [-0.05, 0) is 0 Å². The summed E-state index contributed by atoms with van der Waals surface area (Å²) in [4.78, 5) is 215. The fourth-order valence-electron chi connectivity index (χ4n) is 17.5. The minimum atomic E-state index is -6.29. The highest BCUT2D eigenvalue weighted by atomic mass is 32.7. The molecule has 818 valence electrons. The largest absolute Gasteiger partial charge is 0.780 e. The normalized spacial score (nSPS) is 31.7. The first-order valence-corrected chi connectivity index (χ1v) is 55.8. The number of nitrogens with zero attached hydrogens (tertiary/aromatic N) is 16. The second kappa shape index (κ2) is 45.1. The molecular formula is C70H88N24O46P7S2-7. The number of aromatic nitrogens is 20. The number of anilines is 4. The van der Waals surface area contributed by atoms with E-state index in [-0.39, 0.29) is 63.8 Å². The summed E-state index contributed by atoms with van der Waals surface area (Å²) in [7, 11) is -22.9. The molecule has 0 spiro atoms. The lowest BCUT2D eigenvalue weighted by Gasteiger charge is -2.36. The van der Waals surface area contributed by atoms with Crippen LogP contribution < -0.4 is 85.9 Å². The number of nitrogen functional groups attached to an aromatic ring is 4. The number of phosphoric acid groups is 5. The number of aromatic amines is 4. The Morgan fingerprint density at radius 2 is 0.691 bits per heavy atom. The molecule has 17 rings (SSSR count). The molecule has 7 aliphatic heterocycles.